The molecular formula is C29H26FN3O5S. The number of fused-ring (bicyclic) bond motifs is 2. The zero-order valence-electron chi connectivity index (χ0n) is 20.9. The minimum atomic E-state index is -3.38. The summed E-state index contributed by atoms with van der Waals surface area (Å²) in [5, 5.41) is 11.9. The first kappa shape index (κ1) is 26.4. The van der Waals surface area contributed by atoms with Crippen molar-refractivity contribution in [2.45, 2.75) is 43.0 Å². The van der Waals surface area contributed by atoms with Gasteiger partial charge in [0, 0.05) is 17.5 Å². The Hall–Kier alpha value is -4.18. The second-order valence-corrected chi connectivity index (χ2v) is 11.6. The number of halogens is 1. The lowest BCUT2D eigenvalue weighted by Gasteiger charge is -2.26. The minimum Gasteiger partial charge on any atom is -0.481 e. The fraction of sp³-hybridized carbons (Fsp3) is 0.241. The van der Waals surface area contributed by atoms with E-state index in [1.54, 1.807) is 54.6 Å². The molecule has 0 unspecified atom stereocenters. The van der Waals surface area contributed by atoms with E-state index in [1.807, 2.05) is 0 Å². The molecule has 0 saturated carbocycles. The van der Waals surface area contributed by atoms with Gasteiger partial charge in [-0.2, -0.15) is 0 Å². The summed E-state index contributed by atoms with van der Waals surface area (Å²) in [6, 6.07) is 17.2. The van der Waals surface area contributed by atoms with Crippen molar-refractivity contribution in [3.8, 4) is 11.3 Å². The number of hydrogen-bond donors (Lipinski definition) is 2. The zero-order valence-corrected chi connectivity index (χ0v) is 21.7. The number of aromatic nitrogens is 2. The number of amides is 1. The Bertz CT molecular complexity index is 1670. The van der Waals surface area contributed by atoms with Crippen LogP contribution in [0.1, 0.15) is 53.3 Å². The number of aryl methyl sites for hydroxylation is 1. The van der Waals surface area contributed by atoms with Gasteiger partial charge in [-0.15, -0.1) is 0 Å². The van der Waals surface area contributed by atoms with Crippen LogP contribution in [0.25, 0.3) is 22.3 Å². The van der Waals surface area contributed by atoms with E-state index in [0.717, 1.165) is 0 Å². The lowest BCUT2D eigenvalue weighted by Crippen LogP contribution is -2.33. The van der Waals surface area contributed by atoms with E-state index in [-0.39, 0.29) is 35.2 Å². The number of hydrogen-bond acceptors (Lipinski definition) is 6. The first-order chi connectivity index (χ1) is 18.7. The molecule has 0 radical (unpaired) electrons. The maximum Gasteiger partial charge on any atom is 0.303 e. The van der Waals surface area contributed by atoms with Crippen molar-refractivity contribution in [1.82, 2.24) is 15.3 Å². The van der Waals surface area contributed by atoms with E-state index >= 15 is 0 Å². The van der Waals surface area contributed by atoms with Crippen LogP contribution in [0.2, 0.25) is 0 Å². The van der Waals surface area contributed by atoms with Crippen LogP contribution in [-0.4, -0.2) is 41.1 Å². The average molecular weight is 548 g/mol. The number of aliphatic carboxylic acids is 1. The van der Waals surface area contributed by atoms with Gasteiger partial charge >= 0.3 is 5.97 Å². The molecule has 1 amide bonds. The van der Waals surface area contributed by atoms with Crippen molar-refractivity contribution >= 4 is 32.7 Å². The fourth-order valence-corrected chi connectivity index (χ4v) is 6.42. The van der Waals surface area contributed by atoms with Crippen molar-refractivity contribution in [2.75, 3.05) is 5.75 Å². The Morgan fingerprint density at radius 3 is 2.51 bits per heavy atom. The third-order valence-electron chi connectivity index (χ3n) is 6.78. The van der Waals surface area contributed by atoms with Crippen molar-refractivity contribution in [3.63, 3.8) is 0 Å². The molecule has 0 aliphatic carbocycles. The van der Waals surface area contributed by atoms with E-state index in [4.69, 9.17) is 15.1 Å². The predicted molar refractivity (Wildman–Crippen MR) is 143 cm³/mol. The van der Waals surface area contributed by atoms with Crippen LogP contribution >= 0.6 is 0 Å². The summed E-state index contributed by atoms with van der Waals surface area (Å²) in [6.45, 7) is 0. The van der Waals surface area contributed by atoms with Gasteiger partial charge in [-0.05, 0) is 79.8 Å². The number of benzene rings is 3. The molecule has 4 aromatic rings. The highest BCUT2D eigenvalue weighted by Crippen LogP contribution is 2.32. The summed E-state index contributed by atoms with van der Waals surface area (Å²) in [4.78, 5) is 33.9. The number of carbonyl (C=O) groups is 2. The van der Waals surface area contributed by atoms with Gasteiger partial charge in [-0.1, -0.05) is 18.2 Å². The molecule has 1 atom stereocenters. The number of nitrogens with zero attached hydrogens (tertiary/aromatic N) is 2. The SMILES string of the molecule is O=C(O)CCCCc1nc2cc(C(=O)N[C@@H]3CCS(=O)(=O)c4ccccc43)ccc2nc1-c1ccc(F)cc1. The van der Waals surface area contributed by atoms with Gasteiger partial charge in [-0.25, -0.2) is 22.8 Å². The quantitative estimate of drug-likeness (QED) is 0.301. The first-order valence-electron chi connectivity index (χ1n) is 12.6. The number of carbonyl (C=O) groups excluding carboxylic acids is 1. The molecule has 1 aromatic heterocycles. The number of nitrogens with one attached hydrogen (secondary N) is 1. The van der Waals surface area contributed by atoms with Crippen LogP contribution in [0.5, 0.6) is 0 Å². The van der Waals surface area contributed by atoms with Crippen LogP contribution in [0.15, 0.2) is 71.6 Å². The number of sulfone groups is 1. The Labute approximate surface area is 224 Å². The molecule has 2 N–H and O–H groups in total. The number of unbranched alkanes of at least 4 members (excludes halogenated alkanes) is 1. The molecule has 39 heavy (non-hydrogen) atoms. The standard InChI is InChI=1S/C29H26FN3O5S/c30-20-12-9-18(10-13-20)28-24(6-2-4-8-27(34)35)31-25-17-19(11-14-23(25)32-28)29(36)33-22-15-16-39(37,38)26-7-3-1-5-21(22)26/h1,3,5,7,9-14,17,22H,2,4,6,8,15-16H2,(H,33,36)(H,34,35)/t22-/m1/s1. The normalized spacial score (nSPS) is 16.0. The molecule has 10 heteroatoms. The maximum atomic E-state index is 13.5. The van der Waals surface area contributed by atoms with E-state index in [2.05, 4.69) is 5.32 Å². The molecule has 8 nitrogen and oxygen atoms in total. The smallest absolute Gasteiger partial charge is 0.303 e. The van der Waals surface area contributed by atoms with Crippen LogP contribution in [0.3, 0.4) is 0 Å². The summed E-state index contributed by atoms with van der Waals surface area (Å²) < 4.78 is 38.4. The highest BCUT2D eigenvalue weighted by atomic mass is 32.2. The van der Waals surface area contributed by atoms with Crippen LogP contribution in [-0.2, 0) is 21.1 Å². The first-order valence-corrected chi connectivity index (χ1v) is 14.3. The molecule has 1 aliphatic heterocycles. The van der Waals surface area contributed by atoms with Crippen molar-refractivity contribution < 1.29 is 27.5 Å². The molecule has 1 aliphatic rings. The highest BCUT2D eigenvalue weighted by molar-refractivity contribution is 7.91. The number of carboxylic acid groups (broad SMARTS) is 1. The summed E-state index contributed by atoms with van der Waals surface area (Å²) in [5.74, 6) is -1.64. The van der Waals surface area contributed by atoms with E-state index < -0.39 is 21.8 Å². The summed E-state index contributed by atoms with van der Waals surface area (Å²) in [5.41, 5.74) is 3.87. The third kappa shape index (κ3) is 5.80. The van der Waals surface area contributed by atoms with Crippen LogP contribution < -0.4 is 5.32 Å². The molecule has 200 valence electrons. The maximum absolute atomic E-state index is 13.5. The number of carboxylic acids is 1. The second-order valence-electron chi connectivity index (χ2n) is 9.50. The summed E-state index contributed by atoms with van der Waals surface area (Å²) in [6.07, 6.45) is 1.83. The molecule has 2 heterocycles. The van der Waals surface area contributed by atoms with Gasteiger partial charge < -0.3 is 10.4 Å². The molecule has 0 spiro atoms. The van der Waals surface area contributed by atoms with Gasteiger partial charge in [0.1, 0.15) is 5.82 Å². The van der Waals surface area contributed by atoms with Crippen LogP contribution in [0.4, 0.5) is 4.39 Å². The van der Waals surface area contributed by atoms with E-state index in [9.17, 15) is 22.4 Å². The molecule has 3 aromatic carbocycles. The topological polar surface area (TPSA) is 126 Å². The predicted octanol–water partition coefficient (Wildman–Crippen LogP) is 4.88. The van der Waals surface area contributed by atoms with Crippen molar-refractivity contribution in [2.24, 2.45) is 0 Å². The zero-order chi connectivity index (χ0) is 27.6. The largest absolute Gasteiger partial charge is 0.481 e. The second kappa shape index (κ2) is 10.9. The Morgan fingerprint density at radius 2 is 1.74 bits per heavy atom. The lowest BCUT2D eigenvalue weighted by atomic mass is 10.0. The molecule has 5 rings (SSSR count). The summed E-state index contributed by atoms with van der Waals surface area (Å²) >= 11 is 0. The third-order valence-corrected chi connectivity index (χ3v) is 8.60. The summed E-state index contributed by atoms with van der Waals surface area (Å²) in [7, 11) is -3.38. The minimum absolute atomic E-state index is 0.0445. The van der Waals surface area contributed by atoms with Crippen molar-refractivity contribution in [1.29, 1.82) is 0 Å². The van der Waals surface area contributed by atoms with E-state index in [1.165, 1.54) is 12.1 Å². The number of rotatable bonds is 8. The average Bonchev–Trinajstić information content (AvgIpc) is 2.92. The monoisotopic (exact) mass is 547 g/mol. The highest BCUT2D eigenvalue weighted by Gasteiger charge is 2.31. The van der Waals surface area contributed by atoms with E-state index in [0.29, 0.717) is 58.4 Å². The molecule has 0 saturated heterocycles. The molecule has 0 bridgehead atoms. The Kier molecular flexibility index (Phi) is 7.38. The van der Waals surface area contributed by atoms with Gasteiger partial charge in [0.25, 0.3) is 5.91 Å². The van der Waals surface area contributed by atoms with Crippen molar-refractivity contribution in [3.05, 3.63) is 89.4 Å². The van der Waals surface area contributed by atoms with Crippen LogP contribution in [0, 0.1) is 5.82 Å². The Balaban J connectivity index is 1.44. The van der Waals surface area contributed by atoms with Gasteiger partial charge in [0.2, 0.25) is 0 Å². The van der Waals surface area contributed by atoms with Gasteiger partial charge in [-0.3, -0.25) is 9.59 Å². The molecule has 0 fully saturated rings. The Morgan fingerprint density at radius 1 is 0.974 bits per heavy atom. The molecular weight excluding hydrogens is 521 g/mol. The van der Waals surface area contributed by atoms with Gasteiger partial charge in [0.15, 0.2) is 9.84 Å². The fourth-order valence-electron chi connectivity index (χ4n) is 4.80. The lowest BCUT2D eigenvalue weighted by molar-refractivity contribution is -0.137. The van der Waals surface area contributed by atoms with Gasteiger partial charge in [0.05, 0.1) is 39.1 Å².